The van der Waals surface area contributed by atoms with Crippen LogP contribution in [0.3, 0.4) is 0 Å². The first kappa shape index (κ1) is 20.6. The number of carbonyl (C=O) groups is 2. The number of halogens is 2. The highest BCUT2D eigenvalue weighted by atomic mass is 35.5. The molecule has 3 aromatic rings. The summed E-state index contributed by atoms with van der Waals surface area (Å²) in [6.07, 6.45) is 0.388. The third kappa shape index (κ3) is 5.21. The minimum Gasteiger partial charge on any atom is -0.478 e. The summed E-state index contributed by atoms with van der Waals surface area (Å²) in [5.74, 6) is -1.65. The van der Waals surface area contributed by atoms with Crippen LogP contribution in [0.1, 0.15) is 50.4 Å². The summed E-state index contributed by atoms with van der Waals surface area (Å²) in [5.41, 5.74) is 2.84. The third-order valence-corrected chi connectivity index (χ3v) is 4.84. The molecule has 4 nitrogen and oxygen atoms in total. The van der Waals surface area contributed by atoms with Crippen molar-refractivity contribution in [3.8, 4) is 0 Å². The van der Waals surface area contributed by atoms with Crippen molar-refractivity contribution < 1.29 is 19.1 Å². The first-order valence-corrected chi connectivity index (χ1v) is 9.38. The van der Waals surface area contributed by atoms with Gasteiger partial charge in [0.2, 0.25) is 0 Å². The predicted octanol–water partition coefficient (Wildman–Crippen LogP) is 5.26. The van der Waals surface area contributed by atoms with E-state index < -0.39 is 5.97 Å². The summed E-state index contributed by atoms with van der Waals surface area (Å²) in [4.78, 5) is 23.9. The van der Waals surface area contributed by atoms with Gasteiger partial charge in [0.05, 0.1) is 11.6 Å². The Morgan fingerprint density at radius 2 is 1.79 bits per heavy atom. The zero-order valence-corrected chi connectivity index (χ0v) is 16.4. The Kier molecular flexibility index (Phi) is 6.29. The number of benzene rings is 3. The van der Waals surface area contributed by atoms with Gasteiger partial charge in [-0.2, -0.15) is 0 Å². The first-order valence-electron chi connectivity index (χ1n) is 9.00. The molecule has 0 radical (unpaired) electrons. The van der Waals surface area contributed by atoms with Gasteiger partial charge in [-0.05, 0) is 66.4 Å². The number of nitrogens with one attached hydrogen (secondary N) is 1. The fraction of sp³-hybridized carbons (Fsp3) is 0.130. The Labute approximate surface area is 173 Å². The average molecular weight is 412 g/mol. The van der Waals surface area contributed by atoms with Crippen LogP contribution in [-0.4, -0.2) is 17.0 Å². The van der Waals surface area contributed by atoms with Crippen molar-refractivity contribution in [1.82, 2.24) is 5.32 Å². The van der Waals surface area contributed by atoms with Gasteiger partial charge in [0, 0.05) is 10.6 Å². The molecule has 6 heteroatoms. The number of rotatable bonds is 6. The van der Waals surface area contributed by atoms with Crippen LogP contribution in [0.15, 0.2) is 66.7 Å². The highest BCUT2D eigenvalue weighted by molar-refractivity contribution is 6.31. The fourth-order valence-corrected chi connectivity index (χ4v) is 3.23. The molecule has 1 amide bonds. The summed E-state index contributed by atoms with van der Waals surface area (Å²) in [7, 11) is 0. The number of carboxylic acid groups (broad SMARTS) is 1. The van der Waals surface area contributed by atoms with Crippen LogP contribution in [0, 0.1) is 5.82 Å². The van der Waals surface area contributed by atoms with Gasteiger partial charge in [-0.15, -0.1) is 0 Å². The van der Waals surface area contributed by atoms with E-state index in [4.69, 9.17) is 16.7 Å². The van der Waals surface area contributed by atoms with Crippen molar-refractivity contribution in [2.24, 2.45) is 0 Å². The molecule has 0 aliphatic carbocycles. The van der Waals surface area contributed by atoms with E-state index in [0.29, 0.717) is 17.0 Å². The molecule has 0 heterocycles. The maximum atomic E-state index is 13.5. The summed E-state index contributed by atoms with van der Waals surface area (Å²) in [6, 6.07) is 17.3. The zero-order chi connectivity index (χ0) is 21.0. The SMILES string of the molecule is CC(NC(=O)c1cc(Cl)ccc1Cc1cccc(F)c1)c1ccc(C(=O)O)cc1. The number of amides is 1. The zero-order valence-electron chi connectivity index (χ0n) is 15.7. The highest BCUT2D eigenvalue weighted by Gasteiger charge is 2.16. The smallest absolute Gasteiger partial charge is 0.335 e. The van der Waals surface area contributed by atoms with Crippen LogP contribution in [0.25, 0.3) is 0 Å². The second-order valence-corrected chi connectivity index (χ2v) is 7.17. The minimum atomic E-state index is -1.01. The number of hydrogen-bond donors (Lipinski definition) is 2. The number of carbonyl (C=O) groups excluding carboxylic acids is 1. The Bertz CT molecular complexity index is 1050. The Morgan fingerprint density at radius 1 is 1.07 bits per heavy atom. The van der Waals surface area contributed by atoms with E-state index in [0.717, 1.165) is 16.7 Å². The van der Waals surface area contributed by atoms with E-state index in [9.17, 15) is 14.0 Å². The van der Waals surface area contributed by atoms with Gasteiger partial charge >= 0.3 is 5.97 Å². The van der Waals surface area contributed by atoms with E-state index in [1.54, 1.807) is 42.5 Å². The Hall–Kier alpha value is -3.18. The molecule has 0 fully saturated rings. The normalized spacial score (nSPS) is 11.7. The second-order valence-electron chi connectivity index (χ2n) is 6.73. The number of aromatic carboxylic acids is 1. The van der Waals surface area contributed by atoms with Crippen LogP contribution >= 0.6 is 11.6 Å². The second kappa shape index (κ2) is 8.88. The monoisotopic (exact) mass is 411 g/mol. The average Bonchev–Trinajstić information content (AvgIpc) is 2.69. The van der Waals surface area contributed by atoms with Crippen LogP contribution in [0.2, 0.25) is 5.02 Å². The van der Waals surface area contributed by atoms with Crippen molar-refractivity contribution in [2.75, 3.05) is 0 Å². The van der Waals surface area contributed by atoms with Gasteiger partial charge in [-0.25, -0.2) is 9.18 Å². The van der Waals surface area contributed by atoms with Crippen molar-refractivity contribution in [2.45, 2.75) is 19.4 Å². The molecule has 3 rings (SSSR count). The number of carboxylic acids is 1. The highest BCUT2D eigenvalue weighted by Crippen LogP contribution is 2.21. The molecule has 0 saturated carbocycles. The van der Waals surface area contributed by atoms with Gasteiger partial charge in [-0.1, -0.05) is 41.9 Å². The molecule has 0 saturated heterocycles. The van der Waals surface area contributed by atoms with E-state index in [1.807, 2.05) is 6.92 Å². The molecule has 2 N–H and O–H groups in total. The van der Waals surface area contributed by atoms with Gasteiger partial charge in [0.1, 0.15) is 5.82 Å². The van der Waals surface area contributed by atoms with Crippen molar-refractivity contribution >= 4 is 23.5 Å². The molecular formula is C23H19ClFNO3. The fourth-order valence-electron chi connectivity index (χ4n) is 3.05. The van der Waals surface area contributed by atoms with Crippen LogP contribution in [0.5, 0.6) is 0 Å². The molecule has 29 heavy (non-hydrogen) atoms. The lowest BCUT2D eigenvalue weighted by Crippen LogP contribution is -2.27. The van der Waals surface area contributed by atoms with Crippen LogP contribution in [0.4, 0.5) is 4.39 Å². The quantitative estimate of drug-likeness (QED) is 0.581. The lowest BCUT2D eigenvalue weighted by atomic mass is 9.98. The van der Waals surface area contributed by atoms with Crippen molar-refractivity contribution in [3.63, 3.8) is 0 Å². The summed E-state index contributed by atoms with van der Waals surface area (Å²) in [5, 5.41) is 12.3. The van der Waals surface area contributed by atoms with Crippen molar-refractivity contribution in [3.05, 3.63) is 105 Å². The first-order chi connectivity index (χ1) is 13.8. The number of hydrogen-bond acceptors (Lipinski definition) is 2. The molecule has 3 aromatic carbocycles. The van der Waals surface area contributed by atoms with Gasteiger partial charge < -0.3 is 10.4 Å². The molecule has 1 atom stereocenters. The van der Waals surface area contributed by atoms with E-state index in [-0.39, 0.29) is 23.3 Å². The van der Waals surface area contributed by atoms with E-state index in [1.165, 1.54) is 24.3 Å². The molecule has 1 unspecified atom stereocenters. The summed E-state index contributed by atoms with van der Waals surface area (Å²) < 4.78 is 13.5. The van der Waals surface area contributed by atoms with Crippen molar-refractivity contribution in [1.29, 1.82) is 0 Å². The van der Waals surface area contributed by atoms with E-state index in [2.05, 4.69) is 5.32 Å². The van der Waals surface area contributed by atoms with Gasteiger partial charge in [-0.3, -0.25) is 4.79 Å². The molecule has 148 valence electrons. The molecule has 0 bridgehead atoms. The minimum absolute atomic E-state index is 0.180. The lowest BCUT2D eigenvalue weighted by Gasteiger charge is -2.17. The Morgan fingerprint density at radius 3 is 2.45 bits per heavy atom. The lowest BCUT2D eigenvalue weighted by molar-refractivity contribution is 0.0696. The maximum absolute atomic E-state index is 13.5. The van der Waals surface area contributed by atoms with Crippen LogP contribution < -0.4 is 5.32 Å². The Balaban J connectivity index is 1.80. The van der Waals surface area contributed by atoms with Gasteiger partial charge in [0.25, 0.3) is 5.91 Å². The molecule has 0 aromatic heterocycles. The molecule has 0 aliphatic rings. The topological polar surface area (TPSA) is 66.4 Å². The van der Waals surface area contributed by atoms with Gasteiger partial charge in [0.15, 0.2) is 0 Å². The standard InChI is InChI=1S/C23H19ClFNO3/c1-14(16-5-7-17(8-6-16)23(28)29)26-22(27)21-13-19(24)10-9-18(21)11-15-3-2-4-20(25)12-15/h2-10,12-14H,11H2,1H3,(H,26,27)(H,28,29). The van der Waals surface area contributed by atoms with E-state index >= 15 is 0 Å². The largest absolute Gasteiger partial charge is 0.478 e. The summed E-state index contributed by atoms with van der Waals surface area (Å²) in [6.45, 7) is 1.81. The van der Waals surface area contributed by atoms with Crippen LogP contribution in [-0.2, 0) is 6.42 Å². The molecular weight excluding hydrogens is 393 g/mol. The maximum Gasteiger partial charge on any atom is 0.335 e. The third-order valence-electron chi connectivity index (χ3n) is 4.61. The molecule has 0 aliphatic heterocycles. The predicted molar refractivity (Wildman–Crippen MR) is 110 cm³/mol. The summed E-state index contributed by atoms with van der Waals surface area (Å²) >= 11 is 6.09. The molecule has 0 spiro atoms.